The summed E-state index contributed by atoms with van der Waals surface area (Å²) in [6.07, 6.45) is 5.00. The largest absolute Gasteiger partial charge is 0.480 e. The van der Waals surface area contributed by atoms with Gasteiger partial charge in [-0.3, -0.25) is 9.59 Å². The Balaban J connectivity index is 3.44. The van der Waals surface area contributed by atoms with E-state index in [1.54, 1.807) is 25.1 Å². The van der Waals surface area contributed by atoms with E-state index in [-0.39, 0.29) is 13.0 Å². The number of carboxylic acids is 1. The zero-order valence-electron chi connectivity index (χ0n) is 11.0. The molecule has 0 saturated carbocycles. The Morgan fingerprint density at radius 2 is 2.16 bits per heavy atom. The standard InChI is InChI=1S/C15H16O4/c1-4-9-15(13(16)17,14(18)19-5-2)12-8-6-7-11(3)10-12/h1,6-8,10H,5,9H2,2-3H3,(H,16,17). The Hall–Kier alpha value is -2.28. The number of benzene rings is 1. The molecule has 100 valence electrons. The fraction of sp³-hybridized carbons (Fsp3) is 0.333. The highest BCUT2D eigenvalue weighted by atomic mass is 16.5. The van der Waals surface area contributed by atoms with E-state index in [4.69, 9.17) is 11.2 Å². The van der Waals surface area contributed by atoms with Crippen molar-refractivity contribution in [1.29, 1.82) is 0 Å². The van der Waals surface area contributed by atoms with Crippen molar-refractivity contribution >= 4 is 11.9 Å². The minimum atomic E-state index is -1.84. The number of carbonyl (C=O) groups excluding carboxylic acids is 1. The van der Waals surface area contributed by atoms with Gasteiger partial charge in [-0.2, -0.15) is 0 Å². The highest BCUT2D eigenvalue weighted by Crippen LogP contribution is 2.30. The first-order chi connectivity index (χ1) is 8.98. The average molecular weight is 260 g/mol. The highest BCUT2D eigenvalue weighted by molar-refractivity contribution is 6.06. The van der Waals surface area contributed by atoms with Gasteiger partial charge in [0.15, 0.2) is 0 Å². The van der Waals surface area contributed by atoms with Crippen LogP contribution in [0.15, 0.2) is 24.3 Å². The van der Waals surface area contributed by atoms with Crippen LogP contribution in [0.2, 0.25) is 0 Å². The fourth-order valence-corrected chi connectivity index (χ4v) is 1.90. The lowest BCUT2D eigenvalue weighted by atomic mass is 9.77. The van der Waals surface area contributed by atoms with E-state index in [1.165, 1.54) is 0 Å². The summed E-state index contributed by atoms with van der Waals surface area (Å²) in [5.74, 6) is 0.141. The molecule has 0 saturated heterocycles. The molecule has 0 aliphatic rings. The average Bonchev–Trinajstić information content (AvgIpc) is 2.35. The summed E-state index contributed by atoms with van der Waals surface area (Å²) in [6.45, 7) is 3.54. The van der Waals surface area contributed by atoms with E-state index >= 15 is 0 Å². The second-order valence-corrected chi connectivity index (χ2v) is 4.18. The number of rotatable bonds is 5. The van der Waals surface area contributed by atoms with Crippen LogP contribution in [0.3, 0.4) is 0 Å². The third kappa shape index (κ3) is 2.76. The number of hydrogen-bond acceptors (Lipinski definition) is 3. The number of esters is 1. The molecule has 0 fully saturated rings. The van der Waals surface area contributed by atoms with Gasteiger partial charge in [-0.25, -0.2) is 0 Å². The molecule has 1 N–H and O–H groups in total. The number of aryl methyl sites for hydroxylation is 1. The molecule has 4 nitrogen and oxygen atoms in total. The van der Waals surface area contributed by atoms with Crippen LogP contribution in [0.5, 0.6) is 0 Å². The summed E-state index contributed by atoms with van der Waals surface area (Å²) in [4.78, 5) is 23.8. The van der Waals surface area contributed by atoms with Gasteiger partial charge in [0.25, 0.3) is 0 Å². The predicted molar refractivity (Wildman–Crippen MR) is 70.6 cm³/mol. The molecule has 0 aromatic heterocycles. The molecule has 0 aliphatic heterocycles. The van der Waals surface area contributed by atoms with Gasteiger partial charge in [0.1, 0.15) is 0 Å². The molecular formula is C15H16O4. The zero-order valence-corrected chi connectivity index (χ0v) is 11.0. The van der Waals surface area contributed by atoms with E-state index in [1.807, 2.05) is 13.0 Å². The summed E-state index contributed by atoms with van der Waals surface area (Å²) in [7, 11) is 0. The number of aliphatic carboxylic acids is 1. The van der Waals surface area contributed by atoms with Crippen LogP contribution in [-0.2, 0) is 19.7 Å². The van der Waals surface area contributed by atoms with Crippen molar-refractivity contribution in [3.63, 3.8) is 0 Å². The Morgan fingerprint density at radius 3 is 2.63 bits per heavy atom. The number of hydrogen-bond donors (Lipinski definition) is 1. The summed E-state index contributed by atoms with van der Waals surface area (Å²) in [5, 5.41) is 9.50. The Labute approximate surface area is 112 Å². The molecule has 0 radical (unpaired) electrons. The monoisotopic (exact) mass is 260 g/mol. The van der Waals surface area contributed by atoms with Gasteiger partial charge in [0.05, 0.1) is 6.61 Å². The van der Waals surface area contributed by atoms with Crippen molar-refractivity contribution in [1.82, 2.24) is 0 Å². The quantitative estimate of drug-likeness (QED) is 0.499. The van der Waals surface area contributed by atoms with Crippen molar-refractivity contribution < 1.29 is 19.4 Å². The van der Waals surface area contributed by atoms with Crippen LogP contribution in [-0.4, -0.2) is 23.7 Å². The van der Waals surface area contributed by atoms with Crippen LogP contribution in [0.25, 0.3) is 0 Å². The molecule has 0 aliphatic carbocycles. The number of ether oxygens (including phenoxy) is 1. The van der Waals surface area contributed by atoms with Gasteiger partial charge in [-0.05, 0) is 19.4 Å². The molecule has 1 aromatic carbocycles. The first kappa shape index (κ1) is 14.8. The maximum absolute atomic E-state index is 12.1. The Morgan fingerprint density at radius 1 is 1.47 bits per heavy atom. The molecule has 4 heteroatoms. The van der Waals surface area contributed by atoms with Crippen LogP contribution in [0.1, 0.15) is 24.5 Å². The van der Waals surface area contributed by atoms with Gasteiger partial charge < -0.3 is 9.84 Å². The second kappa shape index (κ2) is 6.05. The first-order valence-corrected chi connectivity index (χ1v) is 5.90. The number of carbonyl (C=O) groups is 2. The third-order valence-corrected chi connectivity index (χ3v) is 2.87. The van der Waals surface area contributed by atoms with E-state index in [9.17, 15) is 14.7 Å². The van der Waals surface area contributed by atoms with Crippen LogP contribution in [0, 0.1) is 19.3 Å². The van der Waals surface area contributed by atoms with Crippen molar-refractivity contribution in [2.75, 3.05) is 6.61 Å². The van der Waals surface area contributed by atoms with E-state index < -0.39 is 17.4 Å². The molecule has 0 bridgehead atoms. The molecule has 1 atom stereocenters. The molecule has 1 aromatic rings. The van der Waals surface area contributed by atoms with E-state index in [2.05, 4.69) is 5.92 Å². The molecule has 1 unspecified atom stereocenters. The summed E-state index contributed by atoms with van der Waals surface area (Å²) in [5.41, 5.74) is -0.641. The molecular weight excluding hydrogens is 244 g/mol. The van der Waals surface area contributed by atoms with Crippen molar-refractivity contribution in [2.24, 2.45) is 0 Å². The fourth-order valence-electron chi connectivity index (χ4n) is 1.90. The molecule has 0 heterocycles. The van der Waals surface area contributed by atoms with Gasteiger partial charge >= 0.3 is 11.9 Å². The summed E-state index contributed by atoms with van der Waals surface area (Å²) >= 11 is 0. The van der Waals surface area contributed by atoms with Gasteiger partial charge in [-0.1, -0.05) is 29.8 Å². The highest BCUT2D eigenvalue weighted by Gasteiger charge is 2.49. The van der Waals surface area contributed by atoms with Crippen LogP contribution >= 0.6 is 0 Å². The van der Waals surface area contributed by atoms with Gasteiger partial charge in [0, 0.05) is 6.42 Å². The van der Waals surface area contributed by atoms with Gasteiger partial charge in [0.2, 0.25) is 5.41 Å². The van der Waals surface area contributed by atoms with Crippen molar-refractivity contribution in [3.05, 3.63) is 35.4 Å². The normalized spacial score (nSPS) is 13.1. The van der Waals surface area contributed by atoms with E-state index in [0.717, 1.165) is 5.56 Å². The van der Waals surface area contributed by atoms with Crippen molar-refractivity contribution in [3.8, 4) is 12.3 Å². The maximum Gasteiger partial charge on any atom is 0.329 e. The smallest absolute Gasteiger partial charge is 0.329 e. The minimum absolute atomic E-state index is 0.101. The van der Waals surface area contributed by atoms with Crippen molar-refractivity contribution in [2.45, 2.75) is 25.7 Å². The maximum atomic E-state index is 12.1. The first-order valence-electron chi connectivity index (χ1n) is 5.90. The SMILES string of the molecule is C#CCC(C(=O)O)(C(=O)OCC)c1cccc(C)c1. The lowest BCUT2D eigenvalue weighted by Gasteiger charge is -2.25. The lowest BCUT2D eigenvalue weighted by molar-refractivity contribution is -0.161. The lowest BCUT2D eigenvalue weighted by Crippen LogP contribution is -2.45. The molecule has 0 spiro atoms. The topological polar surface area (TPSA) is 63.6 Å². The number of carboxylic acid groups (broad SMARTS) is 1. The third-order valence-electron chi connectivity index (χ3n) is 2.87. The minimum Gasteiger partial charge on any atom is -0.480 e. The second-order valence-electron chi connectivity index (χ2n) is 4.18. The summed E-state index contributed by atoms with van der Waals surface area (Å²) in [6, 6.07) is 6.73. The Kier molecular flexibility index (Phi) is 4.71. The zero-order chi connectivity index (χ0) is 14.5. The molecule has 0 amide bonds. The van der Waals surface area contributed by atoms with E-state index in [0.29, 0.717) is 5.56 Å². The van der Waals surface area contributed by atoms with Crippen LogP contribution < -0.4 is 0 Å². The predicted octanol–water partition coefficient (Wildman–Crippen LogP) is 1.90. The molecule has 19 heavy (non-hydrogen) atoms. The van der Waals surface area contributed by atoms with Gasteiger partial charge in [-0.15, -0.1) is 12.3 Å². The summed E-state index contributed by atoms with van der Waals surface area (Å²) < 4.78 is 4.90. The number of terminal acetylenes is 1. The van der Waals surface area contributed by atoms with Crippen LogP contribution in [0.4, 0.5) is 0 Å². The molecule has 1 rings (SSSR count). The Bertz CT molecular complexity index is 527.